The highest BCUT2D eigenvalue weighted by atomic mass is 32.1. The summed E-state index contributed by atoms with van der Waals surface area (Å²) >= 11 is 3.21. The molecular formula is C25H16N4OS2. The molecule has 0 N–H and O–H groups in total. The van der Waals surface area contributed by atoms with Crippen molar-refractivity contribution in [3.8, 4) is 27.3 Å². The minimum Gasteiger partial charge on any atom is -0.486 e. The lowest BCUT2D eigenvalue weighted by molar-refractivity contribution is 0.425. The summed E-state index contributed by atoms with van der Waals surface area (Å²) in [5.41, 5.74) is 8.95. The smallest absolute Gasteiger partial charge is 0.198 e. The first-order chi connectivity index (χ1) is 15.8. The molecule has 4 heterocycles. The molecule has 154 valence electrons. The number of hydrogen-bond acceptors (Lipinski definition) is 5. The van der Waals surface area contributed by atoms with Crippen LogP contribution in [-0.4, -0.2) is 25.9 Å². The third-order valence-corrected chi connectivity index (χ3v) is 7.55. The summed E-state index contributed by atoms with van der Waals surface area (Å²) in [6.45, 7) is 0. The lowest BCUT2D eigenvalue weighted by Gasteiger charge is -2.07. The fourth-order valence-electron chi connectivity index (χ4n) is 4.27. The monoisotopic (exact) mass is 452 g/mol. The Morgan fingerprint density at radius 1 is 0.750 bits per heavy atom. The predicted molar refractivity (Wildman–Crippen MR) is 132 cm³/mol. The van der Waals surface area contributed by atoms with Crippen molar-refractivity contribution in [3.63, 3.8) is 0 Å². The number of benzene rings is 3. The molecule has 0 aliphatic heterocycles. The topological polar surface area (TPSA) is 43.8 Å². The van der Waals surface area contributed by atoms with E-state index >= 15 is 0 Å². The van der Waals surface area contributed by atoms with Crippen LogP contribution in [0.4, 0.5) is 0 Å². The molecule has 3 aromatic carbocycles. The van der Waals surface area contributed by atoms with Gasteiger partial charge in [-0.1, -0.05) is 41.7 Å². The van der Waals surface area contributed by atoms with Crippen molar-refractivity contribution < 1.29 is 4.74 Å². The van der Waals surface area contributed by atoms with Crippen LogP contribution in [0.1, 0.15) is 0 Å². The summed E-state index contributed by atoms with van der Waals surface area (Å²) in [6.07, 6.45) is 4.08. The predicted octanol–water partition coefficient (Wildman–Crippen LogP) is 6.75. The Hall–Kier alpha value is -3.68. The molecule has 32 heavy (non-hydrogen) atoms. The van der Waals surface area contributed by atoms with Crippen LogP contribution in [0.15, 0.2) is 78.4 Å². The number of thiazole rings is 2. The van der Waals surface area contributed by atoms with E-state index in [1.165, 1.54) is 16.7 Å². The van der Waals surface area contributed by atoms with E-state index in [0.717, 1.165) is 42.6 Å². The van der Waals surface area contributed by atoms with Gasteiger partial charge in [0.05, 0.1) is 35.4 Å². The average Bonchev–Trinajstić information content (AvgIpc) is 3.58. The van der Waals surface area contributed by atoms with Crippen molar-refractivity contribution in [1.29, 1.82) is 0 Å². The number of rotatable bonds is 3. The van der Waals surface area contributed by atoms with Gasteiger partial charge in [0.2, 0.25) is 0 Å². The van der Waals surface area contributed by atoms with Crippen molar-refractivity contribution >= 4 is 54.7 Å². The molecule has 7 rings (SSSR count). The standard InChI is InChI=1S/C25H16N4OS2/c1-30-23-14-29-22-13-18(6-8-20(22)27-25(29)32-23)16-4-2-3-15(11-16)17-5-7-19-21(12-17)28-9-10-31-24(28)26-19/h2-14H,1H3. The number of ether oxygens (including phenoxy) is 1. The zero-order valence-electron chi connectivity index (χ0n) is 17.0. The Balaban J connectivity index is 1.35. The van der Waals surface area contributed by atoms with Crippen molar-refractivity contribution in [2.75, 3.05) is 7.11 Å². The molecule has 0 aliphatic rings. The van der Waals surface area contributed by atoms with Crippen LogP contribution in [0, 0.1) is 0 Å². The molecule has 0 amide bonds. The second-order valence-electron chi connectivity index (χ2n) is 7.67. The first-order valence-corrected chi connectivity index (χ1v) is 11.9. The molecule has 0 atom stereocenters. The summed E-state index contributed by atoms with van der Waals surface area (Å²) in [5, 5.41) is 2.93. The van der Waals surface area contributed by atoms with Gasteiger partial charge in [-0.05, 0) is 52.6 Å². The number of methoxy groups -OCH3 is 1. The van der Waals surface area contributed by atoms with Crippen molar-refractivity contribution in [2.24, 2.45) is 0 Å². The maximum absolute atomic E-state index is 5.38. The molecule has 5 nitrogen and oxygen atoms in total. The number of fused-ring (bicyclic) bond motifs is 6. The van der Waals surface area contributed by atoms with E-state index in [9.17, 15) is 0 Å². The van der Waals surface area contributed by atoms with Gasteiger partial charge in [0.15, 0.2) is 15.0 Å². The van der Waals surface area contributed by atoms with Crippen molar-refractivity contribution in [1.82, 2.24) is 18.8 Å². The molecule has 0 fully saturated rings. The Bertz CT molecular complexity index is 1790. The zero-order chi connectivity index (χ0) is 21.2. The van der Waals surface area contributed by atoms with Gasteiger partial charge in [-0.15, -0.1) is 11.3 Å². The zero-order valence-corrected chi connectivity index (χ0v) is 18.7. The fraction of sp³-hybridized carbons (Fsp3) is 0.0400. The summed E-state index contributed by atoms with van der Waals surface area (Å²) in [5.74, 6) is 0. The molecule has 0 saturated heterocycles. The van der Waals surface area contributed by atoms with E-state index in [1.54, 1.807) is 29.8 Å². The van der Waals surface area contributed by atoms with Crippen LogP contribution in [-0.2, 0) is 0 Å². The molecule has 7 heteroatoms. The first kappa shape index (κ1) is 17.9. The first-order valence-electron chi connectivity index (χ1n) is 10.2. The molecule has 7 aromatic rings. The number of nitrogens with zero attached hydrogens (tertiary/aromatic N) is 4. The largest absolute Gasteiger partial charge is 0.486 e. The third-order valence-electron chi connectivity index (χ3n) is 5.85. The van der Waals surface area contributed by atoms with Gasteiger partial charge in [-0.25, -0.2) is 9.97 Å². The molecule has 0 spiro atoms. The molecule has 0 radical (unpaired) electrons. The lowest BCUT2D eigenvalue weighted by Crippen LogP contribution is -1.84. The third kappa shape index (κ3) is 2.62. The van der Waals surface area contributed by atoms with E-state index in [1.807, 2.05) is 6.20 Å². The van der Waals surface area contributed by atoms with Crippen LogP contribution in [0.3, 0.4) is 0 Å². The number of aromatic nitrogens is 4. The normalized spacial score (nSPS) is 11.9. The van der Waals surface area contributed by atoms with Crippen molar-refractivity contribution in [3.05, 3.63) is 78.4 Å². The van der Waals surface area contributed by atoms with Crippen LogP contribution >= 0.6 is 22.7 Å². The van der Waals surface area contributed by atoms with E-state index < -0.39 is 0 Å². The van der Waals surface area contributed by atoms with Gasteiger partial charge in [-0.2, -0.15) is 0 Å². The maximum Gasteiger partial charge on any atom is 0.198 e. The fourth-order valence-corrected chi connectivity index (χ4v) is 5.81. The maximum atomic E-state index is 5.38. The molecular weight excluding hydrogens is 436 g/mol. The summed E-state index contributed by atoms with van der Waals surface area (Å²) in [7, 11) is 1.69. The van der Waals surface area contributed by atoms with Gasteiger partial charge in [0.25, 0.3) is 0 Å². The molecule has 4 aromatic heterocycles. The van der Waals surface area contributed by atoms with Gasteiger partial charge in [0, 0.05) is 11.6 Å². The lowest BCUT2D eigenvalue weighted by atomic mass is 9.98. The second kappa shape index (κ2) is 6.66. The Labute approximate surface area is 190 Å². The highest BCUT2D eigenvalue weighted by molar-refractivity contribution is 7.18. The van der Waals surface area contributed by atoms with E-state index in [0.29, 0.717) is 0 Å². The molecule has 0 aliphatic carbocycles. The second-order valence-corrected chi connectivity index (χ2v) is 9.52. The summed E-state index contributed by atoms with van der Waals surface area (Å²) < 4.78 is 9.64. The Morgan fingerprint density at radius 2 is 1.41 bits per heavy atom. The Kier molecular flexibility index (Phi) is 3.73. The minimum atomic E-state index is 0.858. The van der Waals surface area contributed by atoms with Gasteiger partial charge < -0.3 is 4.74 Å². The van der Waals surface area contributed by atoms with E-state index in [4.69, 9.17) is 14.7 Å². The van der Waals surface area contributed by atoms with Crippen LogP contribution in [0.5, 0.6) is 5.06 Å². The average molecular weight is 453 g/mol. The minimum absolute atomic E-state index is 0.858. The van der Waals surface area contributed by atoms with Crippen LogP contribution in [0.2, 0.25) is 0 Å². The van der Waals surface area contributed by atoms with Crippen LogP contribution in [0.25, 0.3) is 54.2 Å². The van der Waals surface area contributed by atoms with E-state index in [-0.39, 0.29) is 0 Å². The number of imidazole rings is 2. The summed E-state index contributed by atoms with van der Waals surface area (Å²) in [6, 6.07) is 21.6. The molecule has 0 bridgehead atoms. The van der Waals surface area contributed by atoms with Gasteiger partial charge in [0.1, 0.15) is 0 Å². The highest BCUT2D eigenvalue weighted by Crippen LogP contribution is 2.33. The van der Waals surface area contributed by atoms with Crippen molar-refractivity contribution in [2.45, 2.75) is 0 Å². The van der Waals surface area contributed by atoms with Gasteiger partial charge >= 0.3 is 0 Å². The van der Waals surface area contributed by atoms with E-state index in [2.05, 4.69) is 81.0 Å². The van der Waals surface area contributed by atoms with Crippen LogP contribution < -0.4 is 4.74 Å². The SMILES string of the molecule is COc1cn2c(nc3ccc(-c4cccc(-c5ccc6nc7sccn7c6c5)c4)cc32)s1. The van der Waals surface area contributed by atoms with Gasteiger partial charge in [-0.3, -0.25) is 8.80 Å². The highest BCUT2D eigenvalue weighted by Gasteiger charge is 2.12. The quantitative estimate of drug-likeness (QED) is 0.298. The number of hydrogen-bond donors (Lipinski definition) is 0. The summed E-state index contributed by atoms with van der Waals surface area (Å²) in [4.78, 5) is 11.4. The Morgan fingerprint density at radius 3 is 2.12 bits per heavy atom. The molecule has 0 unspecified atom stereocenters. The molecule has 0 saturated carbocycles.